The van der Waals surface area contributed by atoms with Crippen LogP contribution in [0.25, 0.3) is 0 Å². The summed E-state index contributed by atoms with van der Waals surface area (Å²) >= 11 is 0. The summed E-state index contributed by atoms with van der Waals surface area (Å²) in [5.41, 5.74) is 1.61. The summed E-state index contributed by atoms with van der Waals surface area (Å²) in [4.78, 5) is 11.0. The minimum absolute atomic E-state index is 0.0801. The van der Waals surface area contributed by atoms with Gasteiger partial charge in [0.2, 0.25) is 0 Å². The van der Waals surface area contributed by atoms with Crippen molar-refractivity contribution in [2.75, 3.05) is 13.1 Å². The van der Waals surface area contributed by atoms with Crippen LogP contribution in [0.15, 0.2) is 24.3 Å². The molecule has 2 N–H and O–H groups in total. The second-order valence-corrected chi connectivity index (χ2v) is 5.16. The molecule has 0 spiro atoms. The highest BCUT2D eigenvalue weighted by molar-refractivity contribution is 5.87. The number of piperidine rings is 1. The lowest BCUT2D eigenvalue weighted by molar-refractivity contribution is 0.0696. The Kier molecular flexibility index (Phi) is 3.20. The van der Waals surface area contributed by atoms with Crippen LogP contribution in [0.5, 0.6) is 0 Å². The Morgan fingerprint density at radius 1 is 1.53 bits per heavy atom. The van der Waals surface area contributed by atoms with Gasteiger partial charge in [-0.2, -0.15) is 0 Å². The van der Waals surface area contributed by atoms with Crippen LogP contribution in [0, 0.1) is 5.92 Å². The number of hydrogen-bond acceptors (Lipinski definition) is 2. The van der Waals surface area contributed by atoms with Crippen LogP contribution in [0.3, 0.4) is 0 Å². The molecule has 0 aliphatic carbocycles. The van der Waals surface area contributed by atoms with E-state index in [1.54, 1.807) is 6.07 Å². The summed E-state index contributed by atoms with van der Waals surface area (Å²) in [6.45, 7) is 6.45. The number of benzene rings is 1. The standard InChI is InChI=1S/C14H19NO2/c1-10-9-15-7-6-14(10,2)12-5-3-4-11(8-12)13(16)17/h3-5,8,10,15H,6-7,9H2,1-2H3,(H,16,17). The number of aromatic carboxylic acids is 1. The summed E-state index contributed by atoms with van der Waals surface area (Å²) in [7, 11) is 0. The van der Waals surface area contributed by atoms with E-state index in [4.69, 9.17) is 5.11 Å². The summed E-state index contributed by atoms with van der Waals surface area (Å²) < 4.78 is 0. The predicted molar refractivity (Wildman–Crippen MR) is 67.4 cm³/mol. The minimum Gasteiger partial charge on any atom is -0.478 e. The van der Waals surface area contributed by atoms with Crippen LogP contribution in [-0.2, 0) is 5.41 Å². The molecule has 1 aromatic carbocycles. The van der Waals surface area contributed by atoms with Crippen LogP contribution >= 0.6 is 0 Å². The number of carboxylic acids is 1. The summed E-state index contributed by atoms with van der Waals surface area (Å²) in [5.74, 6) is -0.336. The Labute approximate surface area is 102 Å². The van der Waals surface area contributed by atoms with Crippen molar-refractivity contribution in [2.45, 2.75) is 25.7 Å². The van der Waals surface area contributed by atoms with E-state index in [-0.39, 0.29) is 5.41 Å². The molecule has 2 unspecified atom stereocenters. The average Bonchev–Trinajstić information content (AvgIpc) is 2.33. The van der Waals surface area contributed by atoms with E-state index < -0.39 is 5.97 Å². The first kappa shape index (κ1) is 12.1. The predicted octanol–water partition coefficient (Wildman–Crippen LogP) is 2.27. The molecule has 1 aliphatic heterocycles. The zero-order valence-electron chi connectivity index (χ0n) is 10.4. The van der Waals surface area contributed by atoms with Gasteiger partial charge in [0.25, 0.3) is 0 Å². The molecule has 0 amide bonds. The maximum absolute atomic E-state index is 11.0. The molecule has 1 aliphatic rings. The van der Waals surface area contributed by atoms with Crippen molar-refractivity contribution in [1.82, 2.24) is 5.32 Å². The van der Waals surface area contributed by atoms with Crippen LogP contribution in [0.4, 0.5) is 0 Å². The molecule has 2 atom stereocenters. The number of carboxylic acid groups (broad SMARTS) is 1. The molecular formula is C14H19NO2. The quantitative estimate of drug-likeness (QED) is 0.824. The average molecular weight is 233 g/mol. The Morgan fingerprint density at radius 2 is 2.29 bits per heavy atom. The van der Waals surface area contributed by atoms with Gasteiger partial charge in [0, 0.05) is 0 Å². The molecule has 0 aromatic heterocycles. The van der Waals surface area contributed by atoms with E-state index in [0.29, 0.717) is 11.5 Å². The fourth-order valence-electron chi connectivity index (χ4n) is 2.57. The Hall–Kier alpha value is -1.35. The number of carbonyl (C=O) groups is 1. The summed E-state index contributed by atoms with van der Waals surface area (Å²) in [5, 5.41) is 12.4. The van der Waals surface area contributed by atoms with Gasteiger partial charge >= 0.3 is 5.97 Å². The molecule has 3 heteroatoms. The summed E-state index contributed by atoms with van der Waals surface area (Å²) in [6, 6.07) is 7.37. The molecule has 1 fully saturated rings. The minimum atomic E-state index is -0.850. The number of nitrogens with one attached hydrogen (secondary N) is 1. The largest absolute Gasteiger partial charge is 0.478 e. The fourth-order valence-corrected chi connectivity index (χ4v) is 2.57. The van der Waals surface area contributed by atoms with E-state index in [2.05, 4.69) is 19.2 Å². The van der Waals surface area contributed by atoms with Crippen molar-refractivity contribution in [3.63, 3.8) is 0 Å². The van der Waals surface area contributed by atoms with Gasteiger partial charge in [-0.05, 0) is 48.5 Å². The molecule has 3 nitrogen and oxygen atoms in total. The third kappa shape index (κ3) is 2.20. The molecule has 0 radical (unpaired) electrons. The normalized spacial score (nSPS) is 28.9. The molecule has 1 saturated heterocycles. The zero-order valence-corrected chi connectivity index (χ0v) is 10.4. The van der Waals surface area contributed by atoms with Gasteiger partial charge in [-0.3, -0.25) is 0 Å². The maximum atomic E-state index is 11.0. The van der Waals surface area contributed by atoms with E-state index in [9.17, 15) is 4.79 Å². The van der Waals surface area contributed by atoms with Crippen molar-refractivity contribution in [1.29, 1.82) is 0 Å². The molecule has 2 rings (SSSR count). The lowest BCUT2D eigenvalue weighted by Crippen LogP contribution is -2.44. The molecular weight excluding hydrogens is 214 g/mol. The van der Waals surface area contributed by atoms with Gasteiger partial charge in [-0.25, -0.2) is 4.79 Å². The Morgan fingerprint density at radius 3 is 2.94 bits per heavy atom. The highest BCUT2D eigenvalue weighted by Gasteiger charge is 2.35. The van der Waals surface area contributed by atoms with Crippen molar-refractivity contribution in [3.05, 3.63) is 35.4 Å². The Balaban J connectivity index is 2.38. The fraction of sp³-hybridized carbons (Fsp3) is 0.500. The molecule has 92 valence electrons. The first-order chi connectivity index (χ1) is 8.04. The van der Waals surface area contributed by atoms with Gasteiger partial charge in [-0.15, -0.1) is 0 Å². The molecule has 0 saturated carbocycles. The molecule has 0 bridgehead atoms. The first-order valence-corrected chi connectivity index (χ1v) is 6.08. The van der Waals surface area contributed by atoms with Crippen LogP contribution in [0.2, 0.25) is 0 Å². The van der Waals surface area contributed by atoms with E-state index in [0.717, 1.165) is 25.1 Å². The first-order valence-electron chi connectivity index (χ1n) is 6.08. The van der Waals surface area contributed by atoms with Crippen LogP contribution in [0.1, 0.15) is 36.2 Å². The number of rotatable bonds is 2. The van der Waals surface area contributed by atoms with Gasteiger partial charge in [0.15, 0.2) is 0 Å². The second-order valence-electron chi connectivity index (χ2n) is 5.16. The SMILES string of the molecule is CC1CNCCC1(C)c1cccc(C(=O)O)c1. The topological polar surface area (TPSA) is 49.3 Å². The van der Waals surface area contributed by atoms with E-state index >= 15 is 0 Å². The van der Waals surface area contributed by atoms with Gasteiger partial charge in [0.1, 0.15) is 0 Å². The lowest BCUT2D eigenvalue weighted by atomic mass is 9.68. The highest BCUT2D eigenvalue weighted by atomic mass is 16.4. The third-order valence-electron chi connectivity index (χ3n) is 4.13. The molecule has 1 aromatic rings. The molecule has 1 heterocycles. The van der Waals surface area contributed by atoms with Gasteiger partial charge < -0.3 is 10.4 Å². The molecule has 17 heavy (non-hydrogen) atoms. The third-order valence-corrected chi connectivity index (χ3v) is 4.13. The number of hydrogen-bond donors (Lipinski definition) is 2. The van der Waals surface area contributed by atoms with E-state index in [1.807, 2.05) is 18.2 Å². The van der Waals surface area contributed by atoms with Crippen molar-refractivity contribution >= 4 is 5.97 Å². The second kappa shape index (κ2) is 4.49. The smallest absolute Gasteiger partial charge is 0.335 e. The maximum Gasteiger partial charge on any atom is 0.335 e. The van der Waals surface area contributed by atoms with Gasteiger partial charge in [0.05, 0.1) is 5.56 Å². The van der Waals surface area contributed by atoms with Crippen LogP contribution in [-0.4, -0.2) is 24.2 Å². The van der Waals surface area contributed by atoms with Crippen molar-refractivity contribution in [2.24, 2.45) is 5.92 Å². The van der Waals surface area contributed by atoms with Crippen LogP contribution < -0.4 is 5.32 Å². The van der Waals surface area contributed by atoms with Crippen molar-refractivity contribution < 1.29 is 9.90 Å². The highest BCUT2D eigenvalue weighted by Crippen LogP contribution is 2.37. The Bertz CT molecular complexity index is 430. The lowest BCUT2D eigenvalue weighted by Gasteiger charge is -2.40. The zero-order chi connectivity index (χ0) is 12.5. The van der Waals surface area contributed by atoms with Crippen molar-refractivity contribution in [3.8, 4) is 0 Å². The van der Waals surface area contributed by atoms with Gasteiger partial charge in [-0.1, -0.05) is 26.0 Å². The monoisotopic (exact) mass is 233 g/mol. The van der Waals surface area contributed by atoms with E-state index in [1.165, 1.54) is 0 Å². The summed E-state index contributed by atoms with van der Waals surface area (Å²) in [6.07, 6.45) is 1.05.